The molecule has 1 amide bonds. The summed E-state index contributed by atoms with van der Waals surface area (Å²) in [5, 5.41) is 12.3. The summed E-state index contributed by atoms with van der Waals surface area (Å²) in [6.45, 7) is 0.845. The molecule has 0 aromatic heterocycles. The smallest absolute Gasteiger partial charge is 0.224 e. The molecule has 2 rings (SSSR count). The third-order valence-corrected chi connectivity index (χ3v) is 2.78. The average molecular weight is 271 g/mol. The molecule has 0 heterocycles. The van der Waals surface area contributed by atoms with Gasteiger partial charge in [0.15, 0.2) is 0 Å². The van der Waals surface area contributed by atoms with Crippen LogP contribution < -0.4 is 10.1 Å². The van der Waals surface area contributed by atoms with Crippen molar-refractivity contribution in [3.63, 3.8) is 0 Å². The summed E-state index contributed by atoms with van der Waals surface area (Å²) in [5.74, 6) is 0.786. The lowest BCUT2D eigenvalue weighted by atomic mass is 10.1. The number of phenols is 1. The first-order valence-electron chi connectivity index (χ1n) is 6.47. The molecule has 0 bridgehead atoms. The van der Waals surface area contributed by atoms with Crippen molar-refractivity contribution in [2.45, 2.75) is 6.42 Å². The molecule has 4 heteroatoms. The molecular weight excluding hydrogens is 254 g/mol. The number of aromatic hydroxyl groups is 1. The summed E-state index contributed by atoms with van der Waals surface area (Å²) in [5.41, 5.74) is 0.619. The van der Waals surface area contributed by atoms with E-state index in [1.807, 2.05) is 30.3 Å². The van der Waals surface area contributed by atoms with Crippen molar-refractivity contribution in [3.05, 3.63) is 60.2 Å². The van der Waals surface area contributed by atoms with Gasteiger partial charge in [-0.25, -0.2) is 0 Å². The van der Waals surface area contributed by atoms with E-state index in [9.17, 15) is 9.90 Å². The second kappa shape index (κ2) is 7.19. The molecule has 0 unspecified atom stereocenters. The lowest BCUT2D eigenvalue weighted by Gasteiger charge is -2.08. The minimum absolute atomic E-state index is 0.136. The van der Waals surface area contributed by atoms with E-state index in [4.69, 9.17) is 4.74 Å². The van der Waals surface area contributed by atoms with E-state index < -0.39 is 0 Å². The van der Waals surface area contributed by atoms with Gasteiger partial charge in [0.25, 0.3) is 0 Å². The summed E-state index contributed by atoms with van der Waals surface area (Å²) < 4.78 is 5.47. The van der Waals surface area contributed by atoms with Crippen LogP contribution in [0.5, 0.6) is 11.5 Å². The fraction of sp³-hybridized carbons (Fsp3) is 0.188. The zero-order valence-corrected chi connectivity index (χ0v) is 11.1. The summed E-state index contributed by atoms with van der Waals surface area (Å²) in [6.07, 6.45) is 0.165. The van der Waals surface area contributed by atoms with E-state index in [0.717, 1.165) is 5.75 Å². The Labute approximate surface area is 118 Å². The van der Waals surface area contributed by atoms with Crippen molar-refractivity contribution in [1.29, 1.82) is 0 Å². The van der Waals surface area contributed by atoms with Crippen LogP contribution in [0.15, 0.2) is 54.6 Å². The normalized spacial score (nSPS) is 10.0. The van der Waals surface area contributed by atoms with Crippen LogP contribution in [0.4, 0.5) is 0 Å². The Bertz CT molecular complexity index is 555. The summed E-state index contributed by atoms with van der Waals surface area (Å²) in [7, 11) is 0. The number of ether oxygens (including phenoxy) is 1. The molecule has 2 aromatic rings. The maximum atomic E-state index is 11.7. The first-order chi connectivity index (χ1) is 9.75. The molecule has 0 aliphatic rings. The van der Waals surface area contributed by atoms with Crippen molar-refractivity contribution < 1.29 is 14.6 Å². The van der Waals surface area contributed by atoms with E-state index >= 15 is 0 Å². The van der Waals surface area contributed by atoms with Crippen LogP contribution in [0, 0.1) is 0 Å². The molecule has 0 saturated carbocycles. The Hall–Kier alpha value is -2.49. The second-order valence-corrected chi connectivity index (χ2v) is 4.32. The topological polar surface area (TPSA) is 58.6 Å². The van der Waals surface area contributed by atoms with E-state index in [-0.39, 0.29) is 18.1 Å². The van der Waals surface area contributed by atoms with E-state index in [0.29, 0.717) is 18.7 Å². The van der Waals surface area contributed by atoms with Crippen LogP contribution in [0.2, 0.25) is 0 Å². The largest absolute Gasteiger partial charge is 0.508 e. The van der Waals surface area contributed by atoms with Crippen molar-refractivity contribution in [2.75, 3.05) is 13.2 Å². The van der Waals surface area contributed by atoms with Crippen LogP contribution in [-0.2, 0) is 11.2 Å². The molecule has 0 spiro atoms. The number of nitrogens with one attached hydrogen (secondary N) is 1. The minimum atomic E-state index is -0.136. The number of para-hydroxylation sites is 2. The van der Waals surface area contributed by atoms with Gasteiger partial charge in [-0.3, -0.25) is 4.79 Å². The van der Waals surface area contributed by atoms with Gasteiger partial charge >= 0.3 is 0 Å². The Morgan fingerprint density at radius 1 is 1.05 bits per heavy atom. The van der Waals surface area contributed by atoms with Crippen molar-refractivity contribution in [1.82, 2.24) is 5.32 Å². The number of hydrogen-bond acceptors (Lipinski definition) is 3. The van der Waals surface area contributed by atoms with Crippen molar-refractivity contribution in [3.8, 4) is 11.5 Å². The Kier molecular flexibility index (Phi) is 5.00. The van der Waals surface area contributed by atoms with Gasteiger partial charge in [0, 0.05) is 5.56 Å². The maximum absolute atomic E-state index is 11.7. The Morgan fingerprint density at radius 3 is 2.50 bits per heavy atom. The zero-order valence-electron chi connectivity index (χ0n) is 11.1. The quantitative estimate of drug-likeness (QED) is 0.791. The number of hydrogen-bond donors (Lipinski definition) is 2. The lowest BCUT2D eigenvalue weighted by Crippen LogP contribution is -2.29. The predicted molar refractivity (Wildman–Crippen MR) is 76.8 cm³/mol. The SMILES string of the molecule is O=C(Cc1ccccc1O)NCCOc1ccccc1. The summed E-state index contributed by atoms with van der Waals surface area (Å²) in [4.78, 5) is 11.7. The number of rotatable bonds is 6. The molecule has 2 aromatic carbocycles. The molecule has 0 saturated heterocycles. The highest BCUT2D eigenvalue weighted by atomic mass is 16.5. The van der Waals surface area contributed by atoms with Gasteiger partial charge in [0.2, 0.25) is 5.91 Å². The van der Waals surface area contributed by atoms with Crippen LogP contribution in [0.25, 0.3) is 0 Å². The molecular formula is C16H17NO3. The monoisotopic (exact) mass is 271 g/mol. The number of carbonyl (C=O) groups excluding carboxylic acids is 1. The van der Waals surface area contributed by atoms with Crippen LogP contribution in [0.3, 0.4) is 0 Å². The number of carbonyl (C=O) groups is 1. The van der Waals surface area contributed by atoms with E-state index in [2.05, 4.69) is 5.32 Å². The third kappa shape index (κ3) is 4.31. The zero-order chi connectivity index (χ0) is 14.2. The van der Waals surface area contributed by atoms with Gasteiger partial charge in [-0.05, 0) is 18.2 Å². The van der Waals surface area contributed by atoms with Crippen LogP contribution in [0.1, 0.15) is 5.56 Å². The minimum Gasteiger partial charge on any atom is -0.508 e. The highest BCUT2D eigenvalue weighted by Crippen LogP contribution is 2.15. The summed E-state index contributed by atoms with van der Waals surface area (Å²) >= 11 is 0. The molecule has 2 N–H and O–H groups in total. The second-order valence-electron chi connectivity index (χ2n) is 4.32. The fourth-order valence-corrected chi connectivity index (χ4v) is 1.77. The van der Waals surface area contributed by atoms with Crippen LogP contribution >= 0.6 is 0 Å². The number of phenolic OH excluding ortho intramolecular Hbond substituents is 1. The molecule has 20 heavy (non-hydrogen) atoms. The molecule has 4 nitrogen and oxygen atoms in total. The van der Waals surface area contributed by atoms with Crippen molar-refractivity contribution >= 4 is 5.91 Å². The molecule has 0 radical (unpaired) electrons. The first-order valence-corrected chi connectivity index (χ1v) is 6.47. The highest BCUT2D eigenvalue weighted by molar-refractivity contribution is 5.79. The van der Waals surface area contributed by atoms with Crippen molar-refractivity contribution in [2.24, 2.45) is 0 Å². The predicted octanol–water partition coefficient (Wildman–Crippen LogP) is 2.13. The maximum Gasteiger partial charge on any atom is 0.224 e. The van der Waals surface area contributed by atoms with Gasteiger partial charge in [-0.1, -0.05) is 36.4 Å². The molecule has 0 atom stereocenters. The lowest BCUT2D eigenvalue weighted by molar-refractivity contribution is -0.120. The third-order valence-electron chi connectivity index (χ3n) is 2.78. The number of benzene rings is 2. The summed E-state index contributed by atoms with van der Waals surface area (Å²) in [6, 6.07) is 16.3. The fourth-order valence-electron chi connectivity index (χ4n) is 1.77. The number of amides is 1. The standard InChI is InChI=1S/C16H17NO3/c18-15-9-5-4-6-13(15)12-16(19)17-10-11-20-14-7-2-1-3-8-14/h1-9,18H,10-12H2,(H,17,19). The van der Waals surface area contributed by atoms with Gasteiger partial charge in [-0.2, -0.15) is 0 Å². The first kappa shape index (κ1) is 13.9. The van der Waals surface area contributed by atoms with Gasteiger partial charge in [0.05, 0.1) is 13.0 Å². The highest BCUT2D eigenvalue weighted by Gasteiger charge is 2.06. The molecule has 104 valence electrons. The van der Waals surface area contributed by atoms with E-state index in [1.54, 1.807) is 24.3 Å². The van der Waals surface area contributed by atoms with E-state index in [1.165, 1.54) is 0 Å². The van der Waals surface area contributed by atoms with Gasteiger partial charge in [0.1, 0.15) is 18.1 Å². The molecule has 0 aliphatic heterocycles. The Balaban J connectivity index is 1.69. The van der Waals surface area contributed by atoms with Crippen LogP contribution in [-0.4, -0.2) is 24.2 Å². The average Bonchev–Trinajstić information content (AvgIpc) is 2.47. The molecule has 0 aliphatic carbocycles. The Morgan fingerprint density at radius 2 is 1.75 bits per heavy atom. The van der Waals surface area contributed by atoms with Gasteiger partial charge < -0.3 is 15.2 Å². The van der Waals surface area contributed by atoms with Gasteiger partial charge in [-0.15, -0.1) is 0 Å². The molecule has 0 fully saturated rings.